The quantitative estimate of drug-likeness (QED) is 0.852. The average Bonchev–Trinajstić information content (AvgIpc) is 2.74. The lowest BCUT2D eigenvalue weighted by atomic mass is 9.85. The van der Waals surface area contributed by atoms with Crippen molar-refractivity contribution in [2.24, 2.45) is 0 Å². The summed E-state index contributed by atoms with van der Waals surface area (Å²) in [6.45, 7) is 1.02. The minimum atomic E-state index is -0.755. The molecule has 142 valence electrons. The van der Waals surface area contributed by atoms with Gasteiger partial charge in [-0.2, -0.15) is 0 Å². The molecule has 1 aliphatic heterocycles. The number of nitrogens with zero attached hydrogens (tertiary/aromatic N) is 1. The van der Waals surface area contributed by atoms with E-state index in [0.29, 0.717) is 31.5 Å². The molecule has 0 spiro atoms. The van der Waals surface area contributed by atoms with Gasteiger partial charge in [0.05, 0.1) is 7.11 Å². The third kappa shape index (κ3) is 4.05. The van der Waals surface area contributed by atoms with Gasteiger partial charge in [0.2, 0.25) is 5.91 Å². The van der Waals surface area contributed by atoms with Crippen molar-refractivity contribution in [2.45, 2.75) is 18.4 Å². The molecule has 0 aromatic heterocycles. The molecule has 6 nitrogen and oxygen atoms in total. The van der Waals surface area contributed by atoms with Crippen LogP contribution >= 0.6 is 0 Å². The highest BCUT2D eigenvalue weighted by Gasteiger charge is 2.42. The van der Waals surface area contributed by atoms with Crippen molar-refractivity contribution >= 4 is 17.5 Å². The van der Waals surface area contributed by atoms with E-state index in [-0.39, 0.29) is 11.8 Å². The van der Waals surface area contributed by atoms with E-state index in [1.165, 1.54) is 0 Å². The van der Waals surface area contributed by atoms with Crippen LogP contribution < -0.4 is 15.4 Å². The maximum atomic E-state index is 12.7. The highest BCUT2D eigenvalue weighted by atomic mass is 16.5. The number of hydrogen-bond acceptors (Lipinski definition) is 4. The normalized spacial score (nSPS) is 15.7. The number of amides is 2. The van der Waals surface area contributed by atoms with Crippen LogP contribution in [0.4, 0.5) is 5.69 Å². The molecule has 27 heavy (non-hydrogen) atoms. The van der Waals surface area contributed by atoms with Crippen LogP contribution in [-0.4, -0.2) is 49.5 Å². The Morgan fingerprint density at radius 3 is 2.37 bits per heavy atom. The second-order valence-corrected chi connectivity index (χ2v) is 6.68. The van der Waals surface area contributed by atoms with Gasteiger partial charge >= 0.3 is 0 Å². The second-order valence-electron chi connectivity index (χ2n) is 6.68. The van der Waals surface area contributed by atoms with E-state index in [1.54, 1.807) is 14.2 Å². The molecule has 3 rings (SSSR count). The van der Waals surface area contributed by atoms with E-state index in [1.807, 2.05) is 59.5 Å². The van der Waals surface area contributed by atoms with Crippen molar-refractivity contribution in [3.63, 3.8) is 0 Å². The van der Waals surface area contributed by atoms with E-state index >= 15 is 0 Å². The zero-order valence-corrected chi connectivity index (χ0v) is 15.7. The van der Waals surface area contributed by atoms with Crippen LogP contribution in [-0.2, 0) is 4.79 Å². The van der Waals surface area contributed by atoms with Crippen LogP contribution in [0, 0.1) is 0 Å². The van der Waals surface area contributed by atoms with Crippen LogP contribution in [0.3, 0.4) is 0 Å². The minimum absolute atomic E-state index is 0.00230. The van der Waals surface area contributed by atoms with Crippen molar-refractivity contribution in [3.05, 3.63) is 60.2 Å². The number of likely N-dealkylation sites (tertiary alicyclic amines) is 1. The monoisotopic (exact) mass is 367 g/mol. The smallest absolute Gasteiger partial charge is 0.253 e. The van der Waals surface area contributed by atoms with Crippen molar-refractivity contribution in [3.8, 4) is 5.75 Å². The first-order chi connectivity index (χ1) is 13.1. The molecule has 0 bridgehead atoms. The van der Waals surface area contributed by atoms with Gasteiger partial charge in [-0.15, -0.1) is 0 Å². The number of hydrogen-bond donors (Lipinski definition) is 2. The lowest BCUT2D eigenvalue weighted by Crippen LogP contribution is -2.58. The van der Waals surface area contributed by atoms with Crippen LogP contribution in [0.2, 0.25) is 0 Å². The lowest BCUT2D eigenvalue weighted by molar-refractivity contribution is -0.126. The fraction of sp³-hybridized carbons (Fsp3) is 0.333. The van der Waals surface area contributed by atoms with E-state index in [2.05, 4.69) is 10.6 Å². The van der Waals surface area contributed by atoms with Crippen molar-refractivity contribution in [1.29, 1.82) is 0 Å². The van der Waals surface area contributed by atoms with E-state index in [9.17, 15) is 9.59 Å². The number of nitrogens with one attached hydrogen (secondary N) is 2. The number of ether oxygens (including phenoxy) is 1. The molecule has 2 N–H and O–H groups in total. The second kappa shape index (κ2) is 8.12. The zero-order chi connectivity index (χ0) is 19.3. The first kappa shape index (κ1) is 18.8. The fourth-order valence-electron chi connectivity index (χ4n) is 3.48. The summed E-state index contributed by atoms with van der Waals surface area (Å²) in [7, 11) is 3.25. The molecule has 0 unspecified atom stereocenters. The average molecular weight is 367 g/mol. The highest BCUT2D eigenvalue weighted by molar-refractivity contribution is 5.95. The van der Waals surface area contributed by atoms with Gasteiger partial charge in [0, 0.05) is 37.5 Å². The summed E-state index contributed by atoms with van der Waals surface area (Å²) in [6, 6.07) is 16.8. The predicted molar refractivity (Wildman–Crippen MR) is 105 cm³/mol. The number of rotatable bonds is 5. The maximum absolute atomic E-state index is 12.7. The first-order valence-electron chi connectivity index (χ1n) is 9.07. The molecular weight excluding hydrogens is 342 g/mol. The van der Waals surface area contributed by atoms with Gasteiger partial charge in [-0.1, -0.05) is 24.3 Å². The molecule has 0 radical (unpaired) electrons. The minimum Gasteiger partial charge on any atom is -0.497 e. The van der Waals surface area contributed by atoms with Gasteiger partial charge in [0.1, 0.15) is 11.3 Å². The van der Waals surface area contributed by atoms with Crippen molar-refractivity contribution in [2.75, 3.05) is 32.6 Å². The summed E-state index contributed by atoms with van der Waals surface area (Å²) in [5.74, 6) is 0.656. The van der Waals surface area contributed by atoms with Gasteiger partial charge in [-0.05, 0) is 37.1 Å². The Morgan fingerprint density at radius 1 is 1.04 bits per heavy atom. The van der Waals surface area contributed by atoms with Gasteiger partial charge < -0.3 is 20.3 Å². The summed E-state index contributed by atoms with van der Waals surface area (Å²) >= 11 is 0. The first-order valence-corrected chi connectivity index (χ1v) is 9.07. The molecule has 2 amide bonds. The van der Waals surface area contributed by atoms with E-state index in [4.69, 9.17) is 4.74 Å². The number of carbonyl (C=O) groups excluding carboxylic acids is 2. The highest BCUT2D eigenvalue weighted by Crippen LogP contribution is 2.29. The van der Waals surface area contributed by atoms with E-state index < -0.39 is 5.54 Å². The largest absolute Gasteiger partial charge is 0.497 e. The Balaban J connectivity index is 1.75. The number of piperidine rings is 1. The van der Waals surface area contributed by atoms with Crippen molar-refractivity contribution < 1.29 is 14.3 Å². The third-order valence-corrected chi connectivity index (χ3v) is 5.04. The molecule has 2 aromatic rings. The van der Waals surface area contributed by atoms with Gasteiger partial charge in [0.25, 0.3) is 5.91 Å². The molecule has 1 saturated heterocycles. The standard InChI is InChI=1S/C21H25N3O3/c1-22-20(26)21(23-17-9-6-10-18(15-17)27-2)11-13-24(14-12-21)19(25)16-7-4-3-5-8-16/h3-10,15,23H,11-14H2,1-2H3,(H,22,26). The van der Waals surface area contributed by atoms with Crippen LogP contribution in [0.15, 0.2) is 54.6 Å². The number of likely N-dealkylation sites (N-methyl/N-ethyl adjacent to an activating group) is 1. The number of carbonyl (C=O) groups is 2. The SMILES string of the molecule is CNC(=O)C1(Nc2cccc(OC)c2)CCN(C(=O)c2ccccc2)CC1. The number of methoxy groups -OCH3 is 1. The van der Waals surface area contributed by atoms with Crippen molar-refractivity contribution in [1.82, 2.24) is 10.2 Å². The molecule has 2 aromatic carbocycles. The topological polar surface area (TPSA) is 70.7 Å². The summed E-state index contributed by atoms with van der Waals surface area (Å²) in [5, 5.41) is 6.15. The van der Waals surface area contributed by atoms with Gasteiger partial charge in [0.15, 0.2) is 0 Å². The van der Waals surface area contributed by atoms with Crippen LogP contribution in [0.1, 0.15) is 23.2 Å². The van der Waals surface area contributed by atoms with Crippen LogP contribution in [0.5, 0.6) is 5.75 Å². The summed E-state index contributed by atoms with van der Waals surface area (Å²) in [4.78, 5) is 27.2. The Hall–Kier alpha value is -3.02. The lowest BCUT2D eigenvalue weighted by Gasteiger charge is -2.41. The Labute approximate surface area is 159 Å². The van der Waals surface area contributed by atoms with E-state index in [0.717, 1.165) is 11.4 Å². The molecule has 0 saturated carbocycles. The summed E-state index contributed by atoms with van der Waals surface area (Å²) < 4.78 is 5.27. The number of anilines is 1. The van der Waals surface area contributed by atoms with Gasteiger partial charge in [-0.25, -0.2) is 0 Å². The zero-order valence-electron chi connectivity index (χ0n) is 15.7. The molecule has 0 aliphatic carbocycles. The Kier molecular flexibility index (Phi) is 5.64. The summed E-state index contributed by atoms with van der Waals surface area (Å²) in [6.07, 6.45) is 1.06. The van der Waals surface area contributed by atoms with Gasteiger partial charge in [-0.3, -0.25) is 9.59 Å². The Morgan fingerprint density at radius 2 is 1.74 bits per heavy atom. The third-order valence-electron chi connectivity index (χ3n) is 5.04. The molecule has 0 atom stereocenters. The number of benzene rings is 2. The van der Waals surface area contributed by atoms with Crippen LogP contribution in [0.25, 0.3) is 0 Å². The predicted octanol–water partition coefficient (Wildman–Crippen LogP) is 2.53. The Bertz CT molecular complexity index is 799. The summed E-state index contributed by atoms with van der Waals surface area (Å²) in [5.41, 5.74) is 0.737. The fourth-order valence-corrected chi connectivity index (χ4v) is 3.48. The molecule has 6 heteroatoms. The molecule has 1 fully saturated rings. The molecule has 1 aliphatic rings. The molecule has 1 heterocycles. The maximum Gasteiger partial charge on any atom is 0.253 e. The molecular formula is C21H25N3O3.